The normalized spacial score (nSPS) is 12.0. The Morgan fingerprint density at radius 3 is 1.29 bits per heavy atom. The lowest BCUT2D eigenvalue weighted by Gasteiger charge is -2.25. The number of H-pyrrole nitrogens is 5. The van der Waals surface area contributed by atoms with Gasteiger partial charge in [0.05, 0.1) is 104 Å². The van der Waals surface area contributed by atoms with Crippen LogP contribution < -0.4 is 58.5 Å². The fraction of sp³-hybridized carbons (Fsp3) is 0.189. The molecule has 11 aromatic heterocycles. The molecule has 0 aliphatic carbocycles. The van der Waals surface area contributed by atoms with E-state index in [1.807, 2.05) is 173 Å². The zero-order valence-electron chi connectivity index (χ0n) is 73.1. The minimum absolute atomic E-state index is 0.0829. The van der Waals surface area contributed by atoms with E-state index in [1.165, 1.54) is 70.1 Å². The fourth-order valence-electron chi connectivity index (χ4n) is 14.4. The summed E-state index contributed by atoms with van der Waals surface area (Å²) in [4.78, 5) is 110. The number of halogens is 4. The van der Waals surface area contributed by atoms with Crippen LogP contribution in [0.2, 0.25) is 5.02 Å². The van der Waals surface area contributed by atoms with Gasteiger partial charge in [-0.2, -0.15) is 60.7 Å². The van der Waals surface area contributed by atoms with Gasteiger partial charge in [-0.3, -0.25) is 54.4 Å². The minimum Gasteiger partial charge on any atom is -0.495 e. The van der Waals surface area contributed by atoms with E-state index in [9.17, 15) is 37.1 Å². The van der Waals surface area contributed by atoms with Gasteiger partial charge in [0.1, 0.15) is 11.5 Å². The SMILES string of the molecule is COc1ccc(Cl)cc1NCc1cc(=O)n2[nH]c(-c3ccc(C)cc3)nc2n1.COc1ccccc1NCc1cc(=O)n2[nH]c(-c3ccccc3C)nc2n1.Cc1ccc(-c2nc3nc(CNc4ccc(C)cc4C)cc(=O)n3[nH]2)cc1.Cc1ccccc1-c1nc2nc(CNc3cccc(C(F)(F)F)c3)cc(=O)n2[nH]1.O=c1cc(CN2CCOCC2)nc2nc(-c3cccs3)[nH]n12. The summed E-state index contributed by atoms with van der Waals surface area (Å²) in [5, 5.41) is 30.2. The maximum atomic E-state index is 12.8. The van der Waals surface area contributed by atoms with E-state index < -0.39 is 11.7 Å². The number of nitrogens with zero attached hydrogens (tertiary/aromatic N) is 16. The predicted octanol–water partition coefficient (Wildman–Crippen LogP) is 15.3. The first-order valence-corrected chi connectivity index (χ1v) is 43.2. The lowest BCUT2D eigenvalue weighted by Crippen LogP contribution is -2.36. The van der Waals surface area contributed by atoms with Crippen LogP contribution >= 0.6 is 22.9 Å². The van der Waals surface area contributed by atoms with Crippen molar-refractivity contribution in [3.05, 3.63) is 354 Å². The van der Waals surface area contributed by atoms with Crippen LogP contribution in [0.25, 0.3) is 85.1 Å². The molecule has 19 aromatic rings. The molecule has 38 heteroatoms. The summed E-state index contributed by atoms with van der Waals surface area (Å²) in [7, 11) is 3.20. The lowest BCUT2D eigenvalue weighted by atomic mass is 10.1. The molecule has 0 radical (unpaired) electrons. The number of anilines is 4. The number of hydrogen-bond acceptors (Lipinski definition) is 24. The molecule has 0 saturated carbocycles. The van der Waals surface area contributed by atoms with Gasteiger partial charge < -0.3 is 35.5 Å². The number of morpholine rings is 1. The Bertz CT molecular complexity index is 7710. The molecule has 1 fully saturated rings. The first-order chi connectivity index (χ1) is 64.3. The number of methoxy groups -OCH3 is 2. The van der Waals surface area contributed by atoms with Gasteiger partial charge in [-0.25, -0.2) is 24.9 Å². The molecule has 0 amide bonds. The van der Waals surface area contributed by atoms with Gasteiger partial charge in [0.15, 0.2) is 29.1 Å². The van der Waals surface area contributed by atoms with E-state index in [-0.39, 0.29) is 45.8 Å². The summed E-state index contributed by atoms with van der Waals surface area (Å²) in [5.74, 6) is 6.04. The molecule has 1 aliphatic heterocycles. The average molecular weight is 1830 g/mol. The Hall–Kier alpha value is -16.0. The first kappa shape index (κ1) is 90.4. The monoisotopic (exact) mass is 1830 g/mol. The Morgan fingerprint density at radius 1 is 0.391 bits per heavy atom. The largest absolute Gasteiger partial charge is 0.495 e. The smallest absolute Gasteiger partial charge is 0.416 e. The molecule has 1 saturated heterocycles. The van der Waals surface area contributed by atoms with E-state index in [0.29, 0.717) is 112 Å². The summed E-state index contributed by atoms with van der Waals surface area (Å²) >= 11 is 7.62. The van der Waals surface area contributed by atoms with Crippen molar-refractivity contribution in [3.63, 3.8) is 0 Å². The van der Waals surface area contributed by atoms with Crippen LogP contribution in [0.15, 0.2) is 254 Å². The quantitative estimate of drug-likeness (QED) is 0.0323. The number of rotatable bonds is 21. The maximum absolute atomic E-state index is 12.8. The number of aromatic nitrogens is 20. The predicted molar refractivity (Wildman–Crippen MR) is 506 cm³/mol. The number of fused-ring (bicyclic) bond motifs is 5. The van der Waals surface area contributed by atoms with Gasteiger partial charge in [0, 0.05) is 88.6 Å². The summed E-state index contributed by atoms with van der Waals surface area (Å²) in [5.41, 5.74) is 14.3. The Balaban J connectivity index is 0.000000121. The van der Waals surface area contributed by atoms with Gasteiger partial charge in [-0.1, -0.05) is 162 Å². The van der Waals surface area contributed by atoms with Crippen LogP contribution in [-0.2, 0) is 43.6 Å². The van der Waals surface area contributed by atoms with E-state index in [0.717, 1.165) is 116 Å². The molecule has 12 heterocycles. The Kier molecular flexibility index (Phi) is 27.4. The number of para-hydroxylation sites is 2. The molecule has 0 spiro atoms. The zero-order valence-corrected chi connectivity index (χ0v) is 74.7. The third kappa shape index (κ3) is 22.0. The second kappa shape index (κ2) is 40.4. The standard InChI is InChI=1S/C21H21N5O.C20H18ClN5O2.C20H16F3N5O.C20H19N5O2.C14H15N5O2S/c1-13-4-7-16(8-5-13)20-24-21-23-17(11-19(27)26(21)25-20)12-22-18-9-6-14(2)10-15(18)3;1-12-3-5-13(6-4-12)19-24-20-23-15(10-18(27)26(20)25-19)11-22-16-9-14(21)7-8-17(16)28-2;1-12-5-2-3-8-16(12)18-26-19-25-15(10-17(29)28(19)27-18)11-24-14-7-4-6-13(9-14)20(21,22)23;1-13-7-3-4-8-15(13)19-23-20-22-14(11-18(26)25(20)24-19)12-21-16-9-5-6-10-17(16)27-2;20-12-8-10(9-18-3-5-21-6-4-18)15-14-16-13(17-19(12)14)11-2-1-7-22-11/h4-11,22H,12H2,1-3H3,(H,23,24,25);3-10,22H,11H2,1-2H3,(H,23,24,25);2-10,24H,11H2,1H3,(H,25,26,27);3-11,21H,12H2,1-2H3,(H,22,23,24);1-2,7-8H,3-6,9H2,(H,15,16,17). The van der Waals surface area contributed by atoms with Crippen LogP contribution in [0.1, 0.15) is 67.4 Å². The maximum Gasteiger partial charge on any atom is 0.416 e. The van der Waals surface area contributed by atoms with Crippen LogP contribution in [0, 0.1) is 41.5 Å². The third-order valence-corrected chi connectivity index (χ3v) is 22.4. The average Bonchev–Trinajstić information content (AvgIpc) is 1.61. The number of hydrogen-bond donors (Lipinski definition) is 9. The van der Waals surface area contributed by atoms with Crippen molar-refractivity contribution in [2.75, 3.05) is 61.8 Å². The second-order valence-electron chi connectivity index (χ2n) is 31.1. The molecular formula is C95H89ClF3N25O8S. The van der Waals surface area contributed by atoms with Gasteiger partial charge in [0.2, 0.25) is 0 Å². The fourth-order valence-corrected chi connectivity index (χ4v) is 15.2. The molecular weight excluding hydrogens is 1740 g/mol. The number of aromatic amines is 5. The van der Waals surface area contributed by atoms with E-state index in [2.05, 4.69) is 127 Å². The van der Waals surface area contributed by atoms with E-state index in [4.69, 9.17) is 25.8 Å². The molecule has 0 atom stereocenters. The van der Waals surface area contributed by atoms with Crippen molar-refractivity contribution in [2.24, 2.45) is 0 Å². The summed E-state index contributed by atoms with van der Waals surface area (Å²) in [6.07, 6.45) is -4.42. The van der Waals surface area contributed by atoms with Crippen molar-refractivity contribution in [1.29, 1.82) is 0 Å². The van der Waals surface area contributed by atoms with Crippen molar-refractivity contribution < 1.29 is 27.4 Å². The molecule has 9 N–H and O–H groups in total. The highest BCUT2D eigenvalue weighted by atomic mass is 35.5. The first-order valence-electron chi connectivity index (χ1n) is 42.0. The minimum atomic E-state index is -4.42. The molecule has 8 aromatic carbocycles. The highest BCUT2D eigenvalue weighted by Crippen LogP contribution is 2.33. The second-order valence-corrected chi connectivity index (χ2v) is 32.4. The summed E-state index contributed by atoms with van der Waals surface area (Å²) in [6.45, 7) is 17.2. The van der Waals surface area contributed by atoms with Crippen LogP contribution in [0.4, 0.5) is 35.9 Å². The van der Waals surface area contributed by atoms with Gasteiger partial charge in [-0.05, 0) is 124 Å². The number of ether oxygens (including phenoxy) is 3. The number of thiophene rings is 1. The topological polar surface area (TPSA) is 394 Å². The number of alkyl halides is 3. The number of aryl methyl sites for hydroxylation is 6. The van der Waals surface area contributed by atoms with E-state index in [1.54, 1.807) is 49.8 Å². The molecule has 1 aliphatic rings. The highest BCUT2D eigenvalue weighted by Gasteiger charge is 2.31. The van der Waals surface area contributed by atoms with Gasteiger partial charge >= 0.3 is 6.18 Å². The Morgan fingerprint density at radius 2 is 0.812 bits per heavy atom. The van der Waals surface area contributed by atoms with Crippen molar-refractivity contribution in [2.45, 2.75) is 80.4 Å². The van der Waals surface area contributed by atoms with E-state index >= 15 is 0 Å². The zero-order chi connectivity index (χ0) is 93.0. The summed E-state index contributed by atoms with van der Waals surface area (Å²) in [6, 6.07) is 66.5. The Labute approximate surface area is 764 Å². The summed E-state index contributed by atoms with van der Waals surface area (Å²) < 4.78 is 61.2. The molecule has 133 heavy (non-hydrogen) atoms. The van der Waals surface area contributed by atoms with Crippen molar-refractivity contribution in [3.8, 4) is 67.8 Å². The van der Waals surface area contributed by atoms with Crippen LogP contribution in [-0.4, -0.2) is 143 Å². The molecule has 20 rings (SSSR count). The molecule has 0 bridgehead atoms. The number of nitrogens with one attached hydrogen (secondary N) is 9. The van der Waals surface area contributed by atoms with Gasteiger partial charge in [-0.15, -0.1) is 11.3 Å². The molecule has 33 nitrogen and oxygen atoms in total. The molecule has 676 valence electrons. The van der Waals surface area contributed by atoms with Crippen LogP contribution in [0.3, 0.4) is 0 Å². The van der Waals surface area contributed by atoms with Crippen molar-refractivity contribution >= 4 is 74.6 Å². The molecule has 0 unspecified atom stereocenters. The van der Waals surface area contributed by atoms with Gasteiger partial charge in [0.25, 0.3) is 56.7 Å². The van der Waals surface area contributed by atoms with Crippen LogP contribution in [0.5, 0.6) is 11.5 Å². The van der Waals surface area contributed by atoms with Crippen molar-refractivity contribution in [1.82, 2.24) is 103 Å². The highest BCUT2D eigenvalue weighted by molar-refractivity contribution is 7.13. The number of benzene rings is 8. The third-order valence-electron chi connectivity index (χ3n) is 21.3. The lowest BCUT2D eigenvalue weighted by molar-refractivity contribution is -0.137.